The first-order chi connectivity index (χ1) is 10.6. The molecule has 0 radical (unpaired) electrons. The van der Waals surface area contributed by atoms with Crippen LogP contribution in [0.2, 0.25) is 0 Å². The van der Waals surface area contributed by atoms with Crippen molar-refractivity contribution in [2.45, 2.75) is 6.42 Å². The van der Waals surface area contributed by atoms with E-state index in [0.29, 0.717) is 17.8 Å². The van der Waals surface area contributed by atoms with Crippen molar-refractivity contribution in [1.29, 1.82) is 10.5 Å². The normalized spacial score (nSPS) is 10.7. The van der Waals surface area contributed by atoms with Crippen LogP contribution in [0.1, 0.15) is 12.0 Å². The van der Waals surface area contributed by atoms with E-state index in [1.165, 1.54) is 6.20 Å². The highest BCUT2D eigenvalue weighted by Gasteiger charge is 2.11. The molecule has 6 nitrogen and oxygen atoms in total. The predicted octanol–water partition coefficient (Wildman–Crippen LogP) is 1.45. The molecule has 0 bridgehead atoms. The molecule has 0 aromatic heterocycles. The average Bonchev–Trinajstić information content (AvgIpc) is 2.51. The molecule has 0 unspecified atom stereocenters. The van der Waals surface area contributed by atoms with E-state index < -0.39 is 5.91 Å². The summed E-state index contributed by atoms with van der Waals surface area (Å²) in [6.45, 7) is 1.59. The number of benzene rings is 1. The van der Waals surface area contributed by atoms with Gasteiger partial charge in [-0.1, -0.05) is 12.1 Å². The van der Waals surface area contributed by atoms with Crippen LogP contribution < -0.4 is 10.6 Å². The fourth-order valence-corrected chi connectivity index (χ4v) is 1.70. The van der Waals surface area contributed by atoms with E-state index in [1.807, 2.05) is 26.2 Å². The lowest BCUT2D eigenvalue weighted by Crippen LogP contribution is -2.20. The summed E-state index contributed by atoms with van der Waals surface area (Å²) in [6, 6.07) is 10.5. The fraction of sp³-hybridized carbons (Fsp3) is 0.312. The summed E-state index contributed by atoms with van der Waals surface area (Å²) < 4.78 is 0. The van der Waals surface area contributed by atoms with E-state index in [2.05, 4.69) is 15.5 Å². The summed E-state index contributed by atoms with van der Waals surface area (Å²) in [6.07, 6.45) is 2.31. The Morgan fingerprint density at radius 2 is 2.05 bits per heavy atom. The van der Waals surface area contributed by atoms with Crippen LogP contribution in [0.4, 0.5) is 5.69 Å². The van der Waals surface area contributed by atoms with E-state index in [1.54, 1.807) is 24.3 Å². The van der Waals surface area contributed by atoms with Crippen molar-refractivity contribution in [3.63, 3.8) is 0 Å². The molecule has 0 aliphatic heterocycles. The molecule has 0 aliphatic carbocycles. The van der Waals surface area contributed by atoms with E-state index >= 15 is 0 Å². The average molecular weight is 297 g/mol. The molecule has 1 aromatic rings. The third kappa shape index (κ3) is 5.66. The highest BCUT2D eigenvalue weighted by Crippen LogP contribution is 2.14. The van der Waals surface area contributed by atoms with Gasteiger partial charge in [0.15, 0.2) is 0 Å². The van der Waals surface area contributed by atoms with E-state index in [9.17, 15) is 4.79 Å². The number of para-hydroxylation sites is 1. The molecule has 1 rings (SSSR count). The monoisotopic (exact) mass is 297 g/mol. The molecule has 0 saturated heterocycles. The number of nitrogens with zero attached hydrogens (tertiary/aromatic N) is 3. The van der Waals surface area contributed by atoms with Gasteiger partial charge in [-0.3, -0.25) is 4.79 Å². The van der Waals surface area contributed by atoms with Gasteiger partial charge in [0.1, 0.15) is 17.7 Å². The topological polar surface area (TPSA) is 91.9 Å². The van der Waals surface area contributed by atoms with E-state index in [4.69, 9.17) is 10.5 Å². The maximum atomic E-state index is 12.0. The van der Waals surface area contributed by atoms with Crippen LogP contribution in [0.3, 0.4) is 0 Å². The smallest absolute Gasteiger partial charge is 0.267 e. The zero-order valence-electron chi connectivity index (χ0n) is 12.8. The van der Waals surface area contributed by atoms with Gasteiger partial charge in [0.05, 0.1) is 11.3 Å². The maximum Gasteiger partial charge on any atom is 0.267 e. The SMILES string of the molecule is CN(C)CCCN/C=C(/C#N)C(=O)Nc1ccccc1C#N. The second-order valence-corrected chi connectivity index (χ2v) is 4.89. The molecular weight excluding hydrogens is 278 g/mol. The molecule has 2 N–H and O–H groups in total. The zero-order valence-corrected chi connectivity index (χ0v) is 12.8. The lowest BCUT2D eigenvalue weighted by Gasteiger charge is -2.09. The Kier molecular flexibility index (Phi) is 7.18. The molecule has 6 heteroatoms. The molecule has 22 heavy (non-hydrogen) atoms. The summed E-state index contributed by atoms with van der Waals surface area (Å²) in [7, 11) is 3.97. The van der Waals surface area contributed by atoms with Crippen molar-refractivity contribution in [3.05, 3.63) is 41.6 Å². The number of anilines is 1. The first-order valence-electron chi connectivity index (χ1n) is 6.87. The van der Waals surface area contributed by atoms with Crippen LogP contribution in [0.5, 0.6) is 0 Å². The first kappa shape index (κ1) is 17.2. The molecule has 0 atom stereocenters. The molecule has 0 aliphatic rings. The zero-order chi connectivity index (χ0) is 16.4. The third-order valence-electron chi connectivity index (χ3n) is 2.83. The quantitative estimate of drug-likeness (QED) is 0.451. The van der Waals surface area contributed by atoms with Gasteiger partial charge in [-0.15, -0.1) is 0 Å². The largest absolute Gasteiger partial charge is 0.390 e. The molecular formula is C16H19N5O. The minimum Gasteiger partial charge on any atom is -0.390 e. The van der Waals surface area contributed by atoms with Crippen molar-refractivity contribution in [2.75, 3.05) is 32.5 Å². The van der Waals surface area contributed by atoms with Gasteiger partial charge >= 0.3 is 0 Å². The van der Waals surface area contributed by atoms with Crippen LogP contribution >= 0.6 is 0 Å². The number of hydrogen-bond acceptors (Lipinski definition) is 5. The molecule has 0 saturated carbocycles. The molecule has 114 valence electrons. The summed E-state index contributed by atoms with van der Waals surface area (Å²) in [5.41, 5.74) is 0.716. The number of carbonyl (C=O) groups excluding carboxylic acids is 1. The van der Waals surface area contributed by atoms with Crippen LogP contribution in [0.15, 0.2) is 36.0 Å². The Morgan fingerprint density at radius 1 is 1.32 bits per heavy atom. The molecule has 0 fully saturated rings. The number of nitriles is 2. The van der Waals surface area contributed by atoms with Crippen LogP contribution in [-0.2, 0) is 4.79 Å². The van der Waals surface area contributed by atoms with Gasteiger partial charge in [0.25, 0.3) is 5.91 Å². The summed E-state index contributed by atoms with van der Waals surface area (Å²) in [5, 5.41) is 23.5. The number of rotatable bonds is 7. The van der Waals surface area contributed by atoms with E-state index in [0.717, 1.165) is 13.0 Å². The van der Waals surface area contributed by atoms with Gasteiger partial charge in [0.2, 0.25) is 0 Å². The van der Waals surface area contributed by atoms with Crippen molar-refractivity contribution in [1.82, 2.24) is 10.2 Å². The Labute approximate surface area is 130 Å². The van der Waals surface area contributed by atoms with Crippen molar-refractivity contribution in [3.8, 4) is 12.1 Å². The van der Waals surface area contributed by atoms with Gasteiger partial charge in [-0.2, -0.15) is 10.5 Å². The Morgan fingerprint density at radius 3 is 2.68 bits per heavy atom. The molecule has 1 amide bonds. The number of hydrogen-bond donors (Lipinski definition) is 2. The van der Waals surface area contributed by atoms with Gasteiger partial charge in [-0.05, 0) is 39.2 Å². The highest BCUT2D eigenvalue weighted by atomic mass is 16.1. The van der Waals surface area contributed by atoms with Crippen molar-refractivity contribution in [2.24, 2.45) is 0 Å². The first-order valence-corrected chi connectivity index (χ1v) is 6.87. The minimum atomic E-state index is -0.537. The molecule has 0 spiro atoms. The number of carbonyl (C=O) groups is 1. The van der Waals surface area contributed by atoms with E-state index in [-0.39, 0.29) is 5.57 Å². The predicted molar refractivity (Wildman–Crippen MR) is 84.7 cm³/mol. The van der Waals surface area contributed by atoms with Crippen LogP contribution in [-0.4, -0.2) is 38.0 Å². The summed E-state index contributed by atoms with van der Waals surface area (Å²) in [5.74, 6) is -0.537. The standard InChI is InChI=1S/C16H19N5O/c1-21(2)9-5-8-19-12-14(11-18)16(22)20-15-7-4-3-6-13(15)10-17/h3-4,6-7,12,19H,5,8-9H2,1-2H3,(H,20,22)/b14-12-. The summed E-state index contributed by atoms with van der Waals surface area (Å²) >= 11 is 0. The Bertz CT molecular complexity index is 622. The molecule has 0 heterocycles. The van der Waals surface area contributed by atoms with Crippen molar-refractivity contribution >= 4 is 11.6 Å². The Hall–Kier alpha value is -2.83. The lowest BCUT2D eigenvalue weighted by molar-refractivity contribution is -0.112. The molecule has 1 aromatic carbocycles. The van der Waals surface area contributed by atoms with Crippen molar-refractivity contribution < 1.29 is 4.79 Å². The summed E-state index contributed by atoms with van der Waals surface area (Å²) in [4.78, 5) is 14.1. The number of amides is 1. The fourth-order valence-electron chi connectivity index (χ4n) is 1.70. The minimum absolute atomic E-state index is 0.0300. The number of nitrogens with one attached hydrogen (secondary N) is 2. The highest BCUT2D eigenvalue weighted by molar-refractivity contribution is 6.07. The van der Waals surface area contributed by atoms with Gasteiger partial charge in [-0.25, -0.2) is 0 Å². The lowest BCUT2D eigenvalue weighted by atomic mass is 10.2. The Balaban J connectivity index is 2.62. The van der Waals surface area contributed by atoms with Gasteiger partial charge in [0, 0.05) is 12.7 Å². The second-order valence-electron chi connectivity index (χ2n) is 4.89. The van der Waals surface area contributed by atoms with Gasteiger partial charge < -0.3 is 15.5 Å². The second kappa shape index (κ2) is 9.17. The maximum absolute atomic E-state index is 12.0. The van der Waals surface area contributed by atoms with Crippen LogP contribution in [0, 0.1) is 22.7 Å². The third-order valence-corrected chi connectivity index (χ3v) is 2.83. The van der Waals surface area contributed by atoms with Crippen LogP contribution in [0.25, 0.3) is 0 Å².